The summed E-state index contributed by atoms with van der Waals surface area (Å²) in [7, 11) is 0. The SMILES string of the molecule is CCCCCCCCC(CCCCCC)CN1C(=O)C2=C(c3ccc(-c4ccc(-c5ccc(C6=C7C(=O)N(CC(CCCCCC)CCCCCCCC)C(c8ccc(-c9ccc(-c%10ccc(C)s%10)s9)o8)=C7C(=O)N6CC(CCCCCC)CCCCCCCC)o5)s4)o3)N(CC(CCCCCC)CCCCCCCC)C(=O)C2=C1c1ccc(C)o1. The van der Waals surface area contributed by atoms with E-state index in [1.165, 1.54) is 169 Å². The number of furan rings is 4. The molecule has 121 heavy (non-hydrogen) atoms. The highest BCUT2D eigenvalue weighted by Crippen LogP contribution is 2.53. The van der Waals surface area contributed by atoms with E-state index in [1.807, 2.05) is 75.1 Å². The fourth-order valence-corrected chi connectivity index (χ4v) is 22.1. The van der Waals surface area contributed by atoms with E-state index in [9.17, 15) is 0 Å². The minimum absolute atomic E-state index is 0.148. The second kappa shape index (κ2) is 50.3. The highest BCUT2D eigenvalue weighted by molar-refractivity contribution is 7.23. The number of rotatable bonds is 64. The van der Waals surface area contributed by atoms with E-state index in [0.29, 0.717) is 106 Å². The largest absolute Gasteiger partial charge is 0.460 e. The lowest BCUT2D eigenvalue weighted by Gasteiger charge is -2.29. The first-order valence-electron chi connectivity index (χ1n) is 49.2. The van der Waals surface area contributed by atoms with Crippen molar-refractivity contribution >= 4 is 80.4 Å². The van der Waals surface area contributed by atoms with Gasteiger partial charge in [-0.3, -0.25) is 19.2 Å². The third-order valence-corrected chi connectivity index (χ3v) is 29.7. The zero-order valence-corrected chi connectivity index (χ0v) is 78.9. The van der Waals surface area contributed by atoms with Crippen LogP contribution in [-0.2, 0) is 19.2 Å². The highest BCUT2D eigenvalue weighted by atomic mass is 32.1. The third-order valence-electron chi connectivity index (χ3n) is 26.3. The summed E-state index contributed by atoms with van der Waals surface area (Å²) in [4.78, 5) is 79.5. The zero-order valence-electron chi connectivity index (χ0n) is 76.4. The van der Waals surface area contributed by atoms with Gasteiger partial charge in [-0.25, -0.2) is 0 Å². The van der Waals surface area contributed by atoms with Crippen LogP contribution in [-0.4, -0.2) is 69.4 Å². The van der Waals surface area contributed by atoms with E-state index in [0.717, 1.165) is 180 Å². The molecule has 4 amide bonds. The van der Waals surface area contributed by atoms with Crippen LogP contribution in [0.25, 0.3) is 64.5 Å². The molecule has 4 aliphatic rings. The molecule has 15 heteroatoms. The van der Waals surface area contributed by atoms with Gasteiger partial charge in [0, 0.05) is 40.8 Å². The molecule has 0 aromatic carbocycles. The molecule has 0 fully saturated rings. The van der Waals surface area contributed by atoms with Gasteiger partial charge in [0.1, 0.15) is 45.8 Å². The molecule has 12 nitrogen and oxygen atoms in total. The number of unbranched alkanes of at least 4 members (excludes halogenated alkanes) is 32. The van der Waals surface area contributed by atoms with Crippen molar-refractivity contribution in [1.82, 2.24) is 19.6 Å². The second-order valence-electron chi connectivity index (χ2n) is 36.3. The van der Waals surface area contributed by atoms with E-state index in [1.54, 1.807) is 34.0 Å². The summed E-state index contributed by atoms with van der Waals surface area (Å²) in [6.45, 7) is 24.3. The van der Waals surface area contributed by atoms with Crippen LogP contribution in [0.3, 0.4) is 0 Å². The van der Waals surface area contributed by atoms with Crippen molar-refractivity contribution in [3.63, 3.8) is 0 Å². The Morgan fingerprint density at radius 2 is 0.438 bits per heavy atom. The van der Waals surface area contributed by atoms with E-state index in [4.69, 9.17) is 17.7 Å². The smallest absolute Gasteiger partial charge is 0.261 e. The average molecular weight is 1710 g/mol. The Morgan fingerprint density at radius 1 is 0.231 bits per heavy atom. The number of carbonyl (C=O) groups excluding carboxylic acids is 4. The van der Waals surface area contributed by atoms with Gasteiger partial charge in [0.2, 0.25) is 0 Å². The summed E-state index contributed by atoms with van der Waals surface area (Å²) in [5.41, 5.74) is 4.00. The van der Waals surface area contributed by atoms with Crippen molar-refractivity contribution < 1.29 is 36.8 Å². The lowest BCUT2D eigenvalue weighted by molar-refractivity contribution is -0.124. The van der Waals surface area contributed by atoms with Crippen LogP contribution in [0, 0.1) is 37.5 Å². The first-order chi connectivity index (χ1) is 59.3. The minimum Gasteiger partial charge on any atom is -0.460 e. The van der Waals surface area contributed by atoms with Crippen molar-refractivity contribution in [3.8, 4) is 41.7 Å². The van der Waals surface area contributed by atoms with E-state index in [-0.39, 0.29) is 47.3 Å². The fourth-order valence-electron chi connectivity index (χ4n) is 19.3. The summed E-state index contributed by atoms with van der Waals surface area (Å²) < 4.78 is 28.1. The normalized spacial score (nSPS) is 15.5. The molecule has 0 aliphatic carbocycles. The molecular weight excluding hydrogens is 1550 g/mol. The Hall–Kier alpha value is -6.94. The minimum atomic E-state index is -0.159. The number of carbonyl (C=O) groups is 4. The van der Waals surface area contributed by atoms with Gasteiger partial charge in [-0.1, -0.05) is 312 Å². The quantitative estimate of drug-likeness (QED) is 0.0344. The highest BCUT2D eigenvalue weighted by Gasteiger charge is 2.53. The van der Waals surface area contributed by atoms with Crippen LogP contribution in [0.2, 0.25) is 0 Å². The Balaban J connectivity index is 0.990. The van der Waals surface area contributed by atoms with Crippen LogP contribution in [0.15, 0.2) is 125 Å². The monoisotopic (exact) mass is 1710 g/mol. The first kappa shape index (κ1) is 94.7. The molecule has 4 atom stereocenters. The molecule has 0 saturated carbocycles. The number of thiophene rings is 3. The molecule has 4 unspecified atom stereocenters. The van der Waals surface area contributed by atoms with Gasteiger partial charge in [0.25, 0.3) is 23.6 Å². The number of fused-ring (bicyclic) bond motifs is 2. The van der Waals surface area contributed by atoms with E-state index >= 15 is 19.2 Å². The maximum Gasteiger partial charge on any atom is 0.261 e. The predicted octanol–water partition coefficient (Wildman–Crippen LogP) is 32.5. The summed E-state index contributed by atoms with van der Waals surface area (Å²) in [5, 5.41) is 0. The lowest BCUT2D eigenvalue weighted by atomic mass is 9.93. The van der Waals surface area contributed by atoms with Gasteiger partial charge in [0.05, 0.1) is 36.9 Å². The number of aryl methyl sites for hydroxylation is 2. The first-order valence-corrected chi connectivity index (χ1v) is 51.6. The number of hydrogen-bond acceptors (Lipinski definition) is 11. The Kier molecular flexibility index (Phi) is 39.4. The zero-order chi connectivity index (χ0) is 85.2. The number of hydrogen-bond donors (Lipinski definition) is 0. The van der Waals surface area contributed by atoms with Crippen molar-refractivity contribution in [2.75, 3.05) is 26.2 Å². The van der Waals surface area contributed by atoms with E-state index < -0.39 is 0 Å². The van der Waals surface area contributed by atoms with Gasteiger partial charge >= 0.3 is 0 Å². The molecule has 0 spiro atoms. The number of nitrogens with zero attached hydrogens (tertiary/aromatic N) is 4. The van der Waals surface area contributed by atoms with Gasteiger partial charge in [-0.2, -0.15) is 0 Å². The van der Waals surface area contributed by atoms with Crippen LogP contribution >= 0.6 is 34.0 Å². The molecule has 11 heterocycles. The predicted molar refractivity (Wildman–Crippen MR) is 509 cm³/mol. The van der Waals surface area contributed by atoms with Gasteiger partial charge < -0.3 is 37.3 Å². The van der Waals surface area contributed by atoms with Crippen LogP contribution in [0.4, 0.5) is 0 Å². The van der Waals surface area contributed by atoms with Crippen molar-refractivity contribution in [3.05, 3.63) is 141 Å². The molecule has 0 radical (unpaired) electrons. The molecule has 662 valence electrons. The Labute approximate surface area is 741 Å². The summed E-state index contributed by atoms with van der Waals surface area (Å²) in [5.74, 6) is 5.12. The molecule has 0 bridgehead atoms. The standard InChI is InChI=1S/C106H152N4O8S3/c1-11-19-27-35-39-47-55-79(51-43-31-23-15-5)73-107-99(86-61-59-77(9)115-86)95-96(104(107)112)100(108(103(95)111)74-80(52-44-32-24-16-6)56-48-40-36-28-20-12-2)87-65-62-83(116-87)90-69-70-91(120-90)84-63-66-88(117-84)101-97-98(106(114)109(101)75-81(53-45-33-25-17-7)57-49-41-37-29-21-13-3)102(89-67-64-85(118-89)92-71-72-94(121-92)93-68-60-78(10)119-93)110(105(97)113)76-82(54-46-34-26-18-8)58-50-42-38-30-22-14-4/h59-72,79-82H,11-58,73-76H2,1-10H3. The maximum atomic E-state index is 16.5. The summed E-state index contributed by atoms with van der Waals surface area (Å²) >= 11 is 5.05. The van der Waals surface area contributed by atoms with Crippen molar-refractivity contribution in [2.45, 2.75) is 377 Å². The Morgan fingerprint density at radius 3 is 0.686 bits per heavy atom. The number of amides is 4. The van der Waals surface area contributed by atoms with Crippen LogP contribution < -0.4 is 0 Å². The average Bonchev–Trinajstić information content (AvgIpc) is 1.56. The van der Waals surface area contributed by atoms with E-state index in [2.05, 4.69) is 98.7 Å². The molecular formula is C106H152N4O8S3. The van der Waals surface area contributed by atoms with Gasteiger partial charge in [0.15, 0.2) is 23.0 Å². The molecule has 4 aliphatic heterocycles. The van der Waals surface area contributed by atoms with Crippen LogP contribution in [0.1, 0.15) is 397 Å². The summed E-state index contributed by atoms with van der Waals surface area (Å²) in [6.07, 6.45) is 55.3. The van der Waals surface area contributed by atoms with Crippen LogP contribution in [0.5, 0.6) is 0 Å². The Bertz CT molecular complexity index is 4450. The van der Waals surface area contributed by atoms with Gasteiger partial charge in [-0.15, -0.1) is 34.0 Å². The molecule has 0 saturated heterocycles. The molecule has 7 aromatic heterocycles. The third kappa shape index (κ3) is 25.9. The molecule has 11 rings (SSSR count). The maximum absolute atomic E-state index is 16.5. The summed E-state index contributed by atoms with van der Waals surface area (Å²) in [6, 6.07) is 28.8. The van der Waals surface area contributed by atoms with Crippen molar-refractivity contribution in [1.29, 1.82) is 0 Å². The van der Waals surface area contributed by atoms with Crippen molar-refractivity contribution in [2.24, 2.45) is 23.7 Å². The van der Waals surface area contributed by atoms with Gasteiger partial charge in [-0.05, 0) is 174 Å². The fraction of sp³-hybridized carbons (Fsp3) is 0.623. The second-order valence-corrected chi connectivity index (χ2v) is 39.7. The lowest BCUT2D eigenvalue weighted by Crippen LogP contribution is -2.34. The molecule has 7 aromatic rings. The molecule has 0 N–H and O–H groups in total. The topological polar surface area (TPSA) is 134 Å².